The number of hydrogen-bond donors (Lipinski definition) is 1. The van der Waals surface area contributed by atoms with Crippen LogP contribution in [0.1, 0.15) is 34.6 Å². The third-order valence-corrected chi connectivity index (χ3v) is 2.37. The molecule has 102 valence electrons. The minimum atomic E-state index is -0.761. The van der Waals surface area contributed by atoms with Gasteiger partial charge in [0, 0.05) is 19.3 Å². The maximum Gasteiger partial charge on any atom is 0.171 e. The Morgan fingerprint density at radius 1 is 1.44 bits per heavy atom. The van der Waals surface area contributed by atoms with E-state index in [1.165, 1.54) is 0 Å². The van der Waals surface area contributed by atoms with Crippen LogP contribution in [0, 0.1) is 0 Å². The number of rotatable bonds is 6. The van der Waals surface area contributed by atoms with Gasteiger partial charge in [-0.1, -0.05) is 0 Å². The van der Waals surface area contributed by atoms with Crippen molar-refractivity contribution >= 4 is 5.82 Å². The standard InChI is InChI=1S/C14H24N2O2/c1-6-16(10-14(4,5)17)13-12(18-11(2)3)8-7-9-15-13/h7-9,11,17H,6,10H2,1-5H3. The van der Waals surface area contributed by atoms with E-state index in [9.17, 15) is 5.11 Å². The molecule has 0 aliphatic carbocycles. The minimum Gasteiger partial charge on any atom is -0.487 e. The van der Waals surface area contributed by atoms with Crippen LogP contribution in [-0.4, -0.2) is 34.9 Å². The van der Waals surface area contributed by atoms with Gasteiger partial charge in [0.2, 0.25) is 0 Å². The van der Waals surface area contributed by atoms with Gasteiger partial charge in [0.15, 0.2) is 11.6 Å². The third-order valence-electron chi connectivity index (χ3n) is 2.37. The molecule has 0 aliphatic heterocycles. The van der Waals surface area contributed by atoms with Crippen molar-refractivity contribution in [2.45, 2.75) is 46.3 Å². The van der Waals surface area contributed by atoms with E-state index in [2.05, 4.69) is 4.98 Å². The van der Waals surface area contributed by atoms with Gasteiger partial charge in [0.1, 0.15) is 0 Å². The molecule has 0 radical (unpaired) electrons. The Bertz CT molecular complexity index is 372. The Hall–Kier alpha value is -1.29. The number of aromatic nitrogens is 1. The topological polar surface area (TPSA) is 45.6 Å². The van der Waals surface area contributed by atoms with Crippen molar-refractivity contribution in [3.8, 4) is 5.75 Å². The van der Waals surface area contributed by atoms with Crippen molar-refractivity contribution in [1.82, 2.24) is 4.98 Å². The van der Waals surface area contributed by atoms with Gasteiger partial charge in [-0.15, -0.1) is 0 Å². The first kappa shape index (κ1) is 14.8. The first-order chi connectivity index (χ1) is 8.33. The zero-order chi connectivity index (χ0) is 13.8. The van der Waals surface area contributed by atoms with Crippen molar-refractivity contribution in [3.63, 3.8) is 0 Å². The summed E-state index contributed by atoms with van der Waals surface area (Å²) in [7, 11) is 0. The highest BCUT2D eigenvalue weighted by atomic mass is 16.5. The highest BCUT2D eigenvalue weighted by molar-refractivity contribution is 5.52. The minimum absolute atomic E-state index is 0.105. The molecule has 1 heterocycles. The molecule has 0 fully saturated rings. The molecule has 1 rings (SSSR count). The summed E-state index contributed by atoms with van der Waals surface area (Å²) in [4.78, 5) is 6.40. The molecule has 1 aromatic heterocycles. The van der Waals surface area contributed by atoms with Crippen molar-refractivity contribution in [1.29, 1.82) is 0 Å². The van der Waals surface area contributed by atoms with E-state index in [1.54, 1.807) is 20.0 Å². The molecule has 0 bridgehead atoms. The molecule has 4 heteroatoms. The van der Waals surface area contributed by atoms with E-state index in [0.717, 1.165) is 18.1 Å². The van der Waals surface area contributed by atoms with E-state index in [4.69, 9.17) is 4.74 Å². The quantitative estimate of drug-likeness (QED) is 0.845. The van der Waals surface area contributed by atoms with E-state index in [1.807, 2.05) is 37.8 Å². The molecule has 4 nitrogen and oxygen atoms in total. The van der Waals surface area contributed by atoms with Crippen molar-refractivity contribution < 1.29 is 9.84 Å². The van der Waals surface area contributed by atoms with Gasteiger partial charge in [-0.2, -0.15) is 0 Å². The van der Waals surface area contributed by atoms with Crippen LogP contribution < -0.4 is 9.64 Å². The molecule has 0 unspecified atom stereocenters. The number of hydrogen-bond acceptors (Lipinski definition) is 4. The third kappa shape index (κ3) is 4.53. The fourth-order valence-electron chi connectivity index (χ4n) is 1.77. The van der Waals surface area contributed by atoms with Gasteiger partial charge in [-0.05, 0) is 46.8 Å². The lowest BCUT2D eigenvalue weighted by Crippen LogP contribution is -2.39. The van der Waals surface area contributed by atoms with Crippen LogP contribution in [0.25, 0.3) is 0 Å². The molecule has 0 atom stereocenters. The maximum absolute atomic E-state index is 9.94. The van der Waals surface area contributed by atoms with E-state index >= 15 is 0 Å². The second-order valence-electron chi connectivity index (χ2n) is 5.32. The fraction of sp³-hybridized carbons (Fsp3) is 0.643. The van der Waals surface area contributed by atoms with E-state index in [0.29, 0.717) is 6.54 Å². The molecule has 1 aromatic rings. The molecular formula is C14H24N2O2. The van der Waals surface area contributed by atoms with Gasteiger partial charge >= 0.3 is 0 Å². The molecule has 0 aromatic carbocycles. The Balaban J connectivity index is 2.97. The predicted molar refractivity (Wildman–Crippen MR) is 74.2 cm³/mol. The number of ether oxygens (including phenoxy) is 1. The molecule has 0 amide bonds. The lowest BCUT2D eigenvalue weighted by atomic mass is 10.1. The van der Waals surface area contributed by atoms with Crippen LogP contribution >= 0.6 is 0 Å². The summed E-state index contributed by atoms with van der Waals surface area (Å²) in [6.07, 6.45) is 1.85. The summed E-state index contributed by atoms with van der Waals surface area (Å²) in [6.45, 7) is 10.9. The van der Waals surface area contributed by atoms with E-state index in [-0.39, 0.29) is 6.10 Å². The Morgan fingerprint density at radius 3 is 2.61 bits per heavy atom. The summed E-state index contributed by atoms with van der Waals surface area (Å²) >= 11 is 0. The monoisotopic (exact) mass is 252 g/mol. The van der Waals surface area contributed by atoms with Crippen LogP contribution in [0.15, 0.2) is 18.3 Å². The number of aliphatic hydroxyl groups is 1. The number of pyridine rings is 1. The van der Waals surface area contributed by atoms with Crippen LogP contribution in [0.5, 0.6) is 5.75 Å². The number of nitrogens with zero attached hydrogens (tertiary/aromatic N) is 2. The average Bonchev–Trinajstić information content (AvgIpc) is 2.25. The number of likely N-dealkylation sites (N-methyl/N-ethyl adjacent to an activating group) is 1. The lowest BCUT2D eigenvalue weighted by molar-refractivity contribution is 0.0872. The van der Waals surface area contributed by atoms with E-state index < -0.39 is 5.60 Å². The fourth-order valence-corrected chi connectivity index (χ4v) is 1.77. The summed E-state index contributed by atoms with van der Waals surface area (Å²) in [6, 6.07) is 3.77. The molecule has 18 heavy (non-hydrogen) atoms. The average molecular weight is 252 g/mol. The second-order valence-corrected chi connectivity index (χ2v) is 5.32. The molecule has 0 saturated heterocycles. The summed E-state index contributed by atoms with van der Waals surface area (Å²) in [5.74, 6) is 1.55. The number of anilines is 1. The van der Waals surface area contributed by atoms with Gasteiger partial charge in [0.05, 0.1) is 11.7 Å². The molecule has 0 aliphatic rings. The van der Waals surface area contributed by atoms with Crippen LogP contribution in [-0.2, 0) is 0 Å². The molecule has 0 spiro atoms. The first-order valence-corrected chi connectivity index (χ1v) is 6.42. The van der Waals surface area contributed by atoms with Crippen LogP contribution in [0.2, 0.25) is 0 Å². The van der Waals surface area contributed by atoms with Gasteiger partial charge in [-0.25, -0.2) is 4.98 Å². The molecular weight excluding hydrogens is 228 g/mol. The van der Waals surface area contributed by atoms with Crippen molar-refractivity contribution in [3.05, 3.63) is 18.3 Å². The summed E-state index contributed by atoms with van der Waals surface area (Å²) in [5, 5.41) is 9.94. The van der Waals surface area contributed by atoms with Gasteiger partial charge in [0.25, 0.3) is 0 Å². The highest BCUT2D eigenvalue weighted by Crippen LogP contribution is 2.27. The lowest BCUT2D eigenvalue weighted by Gasteiger charge is -2.30. The van der Waals surface area contributed by atoms with Crippen molar-refractivity contribution in [2.75, 3.05) is 18.0 Å². The summed E-state index contributed by atoms with van der Waals surface area (Å²) in [5.41, 5.74) is -0.761. The Morgan fingerprint density at radius 2 is 2.11 bits per heavy atom. The molecule has 1 N–H and O–H groups in total. The summed E-state index contributed by atoms with van der Waals surface area (Å²) < 4.78 is 5.76. The largest absolute Gasteiger partial charge is 0.487 e. The zero-order valence-corrected chi connectivity index (χ0v) is 12.0. The zero-order valence-electron chi connectivity index (χ0n) is 12.0. The van der Waals surface area contributed by atoms with Crippen molar-refractivity contribution in [2.24, 2.45) is 0 Å². The molecule has 0 saturated carbocycles. The van der Waals surface area contributed by atoms with Gasteiger partial charge in [-0.3, -0.25) is 0 Å². The maximum atomic E-state index is 9.94. The first-order valence-electron chi connectivity index (χ1n) is 6.42. The second kappa shape index (κ2) is 6.05. The SMILES string of the molecule is CCN(CC(C)(C)O)c1ncccc1OC(C)C. The van der Waals surface area contributed by atoms with Crippen LogP contribution in [0.4, 0.5) is 5.82 Å². The highest BCUT2D eigenvalue weighted by Gasteiger charge is 2.21. The van der Waals surface area contributed by atoms with Gasteiger partial charge < -0.3 is 14.7 Å². The Labute approximate surface area is 110 Å². The van der Waals surface area contributed by atoms with Crippen LogP contribution in [0.3, 0.4) is 0 Å². The smallest absolute Gasteiger partial charge is 0.171 e. The predicted octanol–water partition coefficient (Wildman–Crippen LogP) is 2.47. The Kier molecular flexibility index (Phi) is 4.96. The normalized spacial score (nSPS) is 11.7.